The average Bonchev–Trinajstić information content (AvgIpc) is 3.31. The van der Waals surface area contributed by atoms with Gasteiger partial charge in [-0.1, -0.05) is 11.6 Å². The number of fused-ring (bicyclic) bond motifs is 2. The molecule has 2 fully saturated rings. The predicted octanol–water partition coefficient (Wildman–Crippen LogP) is 4.83. The molecule has 1 N–H and O–H groups in total. The van der Waals surface area contributed by atoms with E-state index in [1.165, 1.54) is 6.20 Å². The normalized spacial score (nSPS) is 23.6. The first-order valence-corrected chi connectivity index (χ1v) is 11.3. The van der Waals surface area contributed by atoms with Gasteiger partial charge in [-0.15, -0.1) is 0 Å². The van der Waals surface area contributed by atoms with Gasteiger partial charge in [-0.3, -0.25) is 4.79 Å². The summed E-state index contributed by atoms with van der Waals surface area (Å²) in [6.07, 6.45) is 7.49. The third-order valence-corrected chi connectivity index (χ3v) is 7.20. The van der Waals surface area contributed by atoms with Crippen LogP contribution in [0.1, 0.15) is 67.9 Å². The number of hydrogen-bond acceptors (Lipinski definition) is 4. The molecule has 10 heteroatoms. The van der Waals surface area contributed by atoms with Gasteiger partial charge in [0.05, 0.1) is 17.9 Å². The topological polar surface area (TPSA) is 80.9 Å². The van der Waals surface area contributed by atoms with Crippen molar-refractivity contribution in [3.63, 3.8) is 0 Å². The van der Waals surface area contributed by atoms with Gasteiger partial charge >= 0.3 is 0 Å². The van der Waals surface area contributed by atoms with Crippen molar-refractivity contribution in [1.82, 2.24) is 29.1 Å². The van der Waals surface area contributed by atoms with Crippen molar-refractivity contribution in [2.24, 2.45) is 0 Å². The molecule has 32 heavy (non-hydrogen) atoms. The van der Waals surface area contributed by atoms with E-state index in [0.717, 1.165) is 24.2 Å². The van der Waals surface area contributed by atoms with Crippen LogP contribution in [0.25, 0.3) is 16.7 Å². The fraction of sp³-hybridized carbons (Fsp3) is 0.455. The Morgan fingerprint density at radius 3 is 2.66 bits per heavy atom. The SMILES string of the molecule is O=c1[nH]c([C@H]2CC[C@H]2c2cn3ccc(Cl)cc3n2)nc2c1cnn2C1CCC(F)(F)CC1. The molecule has 2 saturated carbocycles. The highest BCUT2D eigenvalue weighted by atomic mass is 35.5. The Morgan fingerprint density at radius 1 is 1.12 bits per heavy atom. The zero-order chi connectivity index (χ0) is 22.0. The van der Waals surface area contributed by atoms with Crippen molar-refractivity contribution in [1.29, 1.82) is 0 Å². The van der Waals surface area contributed by atoms with Gasteiger partial charge in [0.2, 0.25) is 5.92 Å². The van der Waals surface area contributed by atoms with E-state index in [4.69, 9.17) is 21.6 Å². The summed E-state index contributed by atoms with van der Waals surface area (Å²) in [5.74, 6) is -1.84. The molecule has 0 amide bonds. The van der Waals surface area contributed by atoms with Gasteiger partial charge in [-0.05, 0) is 37.8 Å². The summed E-state index contributed by atoms with van der Waals surface area (Å²) in [4.78, 5) is 25.2. The van der Waals surface area contributed by atoms with E-state index in [1.807, 2.05) is 28.9 Å². The smallest absolute Gasteiger partial charge is 0.262 e. The second-order valence-corrected chi connectivity index (χ2v) is 9.37. The molecule has 0 aromatic carbocycles. The minimum Gasteiger partial charge on any atom is -0.310 e. The van der Waals surface area contributed by atoms with Crippen molar-refractivity contribution in [2.75, 3.05) is 0 Å². The molecule has 0 radical (unpaired) electrons. The van der Waals surface area contributed by atoms with Gasteiger partial charge in [0, 0.05) is 42.1 Å². The predicted molar refractivity (Wildman–Crippen MR) is 116 cm³/mol. The maximum Gasteiger partial charge on any atom is 0.262 e. The van der Waals surface area contributed by atoms with Crippen LogP contribution in [0.3, 0.4) is 0 Å². The molecule has 2 atom stereocenters. The molecule has 4 aromatic rings. The van der Waals surface area contributed by atoms with Crippen molar-refractivity contribution < 1.29 is 8.78 Å². The van der Waals surface area contributed by atoms with Gasteiger partial charge < -0.3 is 9.38 Å². The van der Waals surface area contributed by atoms with Crippen LogP contribution in [0.5, 0.6) is 0 Å². The quantitative estimate of drug-likeness (QED) is 0.476. The van der Waals surface area contributed by atoms with E-state index in [-0.39, 0.29) is 36.3 Å². The fourth-order valence-corrected chi connectivity index (χ4v) is 5.16. The summed E-state index contributed by atoms with van der Waals surface area (Å²) in [5.41, 5.74) is 1.95. The molecule has 0 spiro atoms. The van der Waals surface area contributed by atoms with Crippen LogP contribution < -0.4 is 5.56 Å². The van der Waals surface area contributed by atoms with Gasteiger partial charge in [0.25, 0.3) is 5.56 Å². The zero-order valence-electron chi connectivity index (χ0n) is 17.1. The fourth-order valence-electron chi connectivity index (χ4n) is 5.00. The maximum atomic E-state index is 13.6. The average molecular weight is 459 g/mol. The molecule has 166 valence electrons. The number of H-pyrrole nitrogens is 1. The van der Waals surface area contributed by atoms with Gasteiger partial charge in [-0.2, -0.15) is 5.10 Å². The minimum atomic E-state index is -2.62. The highest BCUT2D eigenvalue weighted by Gasteiger charge is 2.39. The summed E-state index contributed by atoms with van der Waals surface area (Å²) >= 11 is 6.08. The lowest BCUT2D eigenvalue weighted by Crippen LogP contribution is -2.28. The van der Waals surface area contributed by atoms with E-state index >= 15 is 0 Å². The second kappa shape index (κ2) is 7.10. The highest BCUT2D eigenvalue weighted by molar-refractivity contribution is 6.30. The van der Waals surface area contributed by atoms with Crippen LogP contribution in [0.15, 0.2) is 35.5 Å². The van der Waals surface area contributed by atoms with Crippen molar-refractivity contribution >= 4 is 28.3 Å². The number of alkyl halides is 2. The number of imidazole rings is 1. The number of rotatable bonds is 3. The Balaban J connectivity index is 1.34. The van der Waals surface area contributed by atoms with Crippen molar-refractivity contribution in [3.8, 4) is 0 Å². The van der Waals surface area contributed by atoms with Gasteiger partial charge in [0.1, 0.15) is 16.9 Å². The highest BCUT2D eigenvalue weighted by Crippen LogP contribution is 2.47. The van der Waals surface area contributed by atoms with Crippen molar-refractivity contribution in [2.45, 2.75) is 62.3 Å². The van der Waals surface area contributed by atoms with E-state index in [9.17, 15) is 13.6 Å². The molecule has 0 unspecified atom stereocenters. The van der Waals surface area contributed by atoms with Crippen LogP contribution >= 0.6 is 11.6 Å². The molecule has 7 nitrogen and oxygen atoms in total. The summed E-state index contributed by atoms with van der Waals surface area (Å²) in [6, 6.07) is 3.46. The number of nitrogens with one attached hydrogen (secondary N) is 1. The number of nitrogens with zero attached hydrogens (tertiary/aromatic N) is 5. The first kappa shape index (κ1) is 19.8. The molecule has 2 aliphatic carbocycles. The number of aromatic amines is 1. The number of pyridine rings is 1. The van der Waals surface area contributed by atoms with Crippen molar-refractivity contribution in [3.05, 3.63) is 57.6 Å². The molecule has 2 aliphatic rings. The first-order chi connectivity index (χ1) is 15.4. The molecular weight excluding hydrogens is 438 g/mol. The molecule has 0 aliphatic heterocycles. The molecular formula is C22H21ClF2N6O. The molecule has 0 saturated heterocycles. The Hall–Kier alpha value is -2.81. The largest absolute Gasteiger partial charge is 0.310 e. The van der Waals surface area contributed by atoms with Crippen LogP contribution in [0, 0.1) is 0 Å². The summed E-state index contributed by atoms with van der Waals surface area (Å²) in [7, 11) is 0. The summed E-state index contributed by atoms with van der Waals surface area (Å²) in [5, 5.41) is 5.37. The first-order valence-electron chi connectivity index (χ1n) is 10.9. The maximum absolute atomic E-state index is 13.6. The third kappa shape index (κ3) is 3.21. The van der Waals surface area contributed by atoms with E-state index in [1.54, 1.807) is 4.68 Å². The number of aromatic nitrogens is 6. The monoisotopic (exact) mass is 458 g/mol. The molecule has 0 bridgehead atoms. The second-order valence-electron chi connectivity index (χ2n) is 8.93. The molecule has 6 rings (SSSR count). The van der Waals surface area contributed by atoms with Crippen LogP contribution in [-0.4, -0.2) is 35.1 Å². The molecule has 4 aromatic heterocycles. The van der Waals surface area contributed by atoms with E-state index in [0.29, 0.717) is 34.7 Å². The zero-order valence-corrected chi connectivity index (χ0v) is 17.9. The Labute approximate surface area is 186 Å². The van der Waals surface area contributed by atoms with E-state index in [2.05, 4.69) is 10.1 Å². The lowest BCUT2D eigenvalue weighted by atomic mass is 9.71. The summed E-state index contributed by atoms with van der Waals surface area (Å²) in [6.45, 7) is 0. The van der Waals surface area contributed by atoms with Crippen LogP contribution in [0.2, 0.25) is 5.02 Å². The Bertz CT molecular complexity index is 1380. The number of halogens is 3. The Morgan fingerprint density at radius 2 is 1.91 bits per heavy atom. The Kier molecular flexibility index (Phi) is 4.40. The minimum absolute atomic E-state index is 0.0338. The van der Waals surface area contributed by atoms with E-state index < -0.39 is 5.92 Å². The van der Waals surface area contributed by atoms with Gasteiger partial charge in [-0.25, -0.2) is 23.4 Å². The molecule has 4 heterocycles. The summed E-state index contributed by atoms with van der Waals surface area (Å²) < 4.78 is 30.8. The lowest BCUT2D eigenvalue weighted by Gasteiger charge is -2.34. The van der Waals surface area contributed by atoms with Gasteiger partial charge in [0.15, 0.2) is 5.65 Å². The number of hydrogen-bond donors (Lipinski definition) is 1. The third-order valence-electron chi connectivity index (χ3n) is 6.96. The standard InChI is InChI=1S/C22H21ClF2N6O/c23-12-5-8-30-11-17(27-18(30)9-12)14-1-2-15(14)19-28-20-16(21(32)29-19)10-26-31(20)13-3-6-22(24,25)7-4-13/h5,8-11,13-15H,1-4,6-7H2,(H,28,29,32)/t14-,15+/m1/s1. The van der Waals surface area contributed by atoms with Crippen LogP contribution in [0.4, 0.5) is 8.78 Å². The van der Waals surface area contributed by atoms with Crippen LogP contribution in [-0.2, 0) is 0 Å². The lowest BCUT2D eigenvalue weighted by molar-refractivity contribution is -0.0446.